The van der Waals surface area contributed by atoms with Crippen molar-refractivity contribution in [2.75, 3.05) is 5.32 Å². The van der Waals surface area contributed by atoms with Crippen molar-refractivity contribution >= 4 is 33.9 Å². The Morgan fingerprint density at radius 3 is 2.88 bits per heavy atom. The summed E-state index contributed by atoms with van der Waals surface area (Å²) in [5.74, 6) is 0.959. The Morgan fingerprint density at radius 1 is 1.19 bits per heavy atom. The van der Waals surface area contributed by atoms with Crippen LogP contribution in [-0.2, 0) is 11.2 Å². The van der Waals surface area contributed by atoms with Gasteiger partial charge in [-0.25, -0.2) is 9.78 Å². The molecule has 0 fully saturated rings. The molecule has 6 nitrogen and oxygen atoms in total. The molecular formula is C19H14N2O4S. The smallest absolute Gasteiger partial charge is 0.336 e. The lowest BCUT2D eigenvalue weighted by Crippen LogP contribution is -2.15. The average molecular weight is 366 g/mol. The van der Waals surface area contributed by atoms with Crippen LogP contribution in [0.5, 0.6) is 0 Å². The van der Waals surface area contributed by atoms with Gasteiger partial charge in [0.2, 0.25) is 11.8 Å². The SMILES string of the molecule is Cc1oc(-c2cccs2)nc1CC(=O)Nc1ccc2oc(=O)ccc2c1. The number of fused-ring (bicyclic) bond motifs is 1. The number of aryl methyl sites for hydroxylation is 1. The lowest BCUT2D eigenvalue weighted by atomic mass is 10.2. The molecule has 0 aliphatic carbocycles. The van der Waals surface area contributed by atoms with E-state index in [1.807, 2.05) is 17.5 Å². The molecule has 1 aromatic carbocycles. The molecule has 3 aromatic heterocycles. The van der Waals surface area contributed by atoms with Gasteiger partial charge in [-0.2, -0.15) is 0 Å². The van der Waals surface area contributed by atoms with E-state index in [9.17, 15) is 9.59 Å². The quantitative estimate of drug-likeness (QED) is 0.552. The predicted molar refractivity (Wildman–Crippen MR) is 99.4 cm³/mol. The van der Waals surface area contributed by atoms with Gasteiger partial charge in [0, 0.05) is 17.1 Å². The number of oxazole rings is 1. The molecule has 0 radical (unpaired) electrons. The molecule has 0 bridgehead atoms. The fourth-order valence-electron chi connectivity index (χ4n) is 2.60. The van der Waals surface area contributed by atoms with E-state index in [4.69, 9.17) is 8.83 Å². The number of benzene rings is 1. The van der Waals surface area contributed by atoms with Gasteiger partial charge >= 0.3 is 5.63 Å². The van der Waals surface area contributed by atoms with Gasteiger partial charge in [0.15, 0.2) is 0 Å². The lowest BCUT2D eigenvalue weighted by Gasteiger charge is -2.05. The molecule has 130 valence electrons. The Bertz CT molecular complexity index is 1140. The zero-order valence-electron chi connectivity index (χ0n) is 13.8. The van der Waals surface area contributed by atoms with Crippen LogP contribution in [0.2, 0.25) is 0 Å². The first-order chi connectivity index (χ1) is 12.6. The number of hydrogen-bond acceptors (Lipinski definition) is 6. The van der Waals surface area contributed by atoms with Gasteiger partial charge in [0.25, 0.3) is 0 Å². The van der Waals surface area contributed by atoms with Crippen molar-refractivity contribution in [3.05, 3.63) is 69.7 Å². The highest BCUT2D eigenvalue weighted by atomic mass is 32.1. The Balaban J connectivity index is 1.50. The van der Waals surface area contributed by atoms with Crippen LogP contribution in [-0.4, -0.2) is 10.9 Å². The van der Waals surface area contributed by atoms with E-state index in [1.165, 1.54) is 17.4 Å². The largest absolute Gasteiger partial charge is 0.440 e. The number of rotatable bonds is 4. The van der Waals surface area contributed by atoms with E-state index >= 15 is 0 Å². The summed E-state index contributed by atoms with van der Waals surface area (Å²) in [6, 6.07) is 12.0. The van der Waals surface area contributed by atoms with Crippen molar-refractivity contribution in [1.82, 2.24) is 4.98 Å². The predicted octanol–water partition coefficient (Wildman–Crippen LogP) is 4.00. The maximum atomic E-state index is 12.4. The molecule has 7 heteroatoms. The summed E-state index contributed by atoms with van der Waals surface area (Å²) in [5.41, 5.74) is 1.30. The van der Waals surface area contributed by atoms with E-state index in [0.29, 0.717) is 28.6 Å². The number of thiophene rings is 1. The number of nitrogens with one attached hydrogen (secondary N) is 1. The van der Waals surface area contributed by atoms with Crippen LogP contribution in [0.4, 0.5) is 5.69 Å². The second-order valence-corrected chi connectivity index (χ2v) is 6.68. The molecule has 26 heavy (non-hydrogen) atoms. The maximum absolute atomic E-state index is 12.4. The zero-order chi connectivity index (χ0) is 18.1. The molecule has 1 amide bonds. The van der Waals surface area contributed by atoms with Gasteiger partial charge in [-0.15, -0.1) is 11.3 Å². The monoisotopic (exact) mass is 366 g/mol. The Morgan fingerprint density at radius 2 is 2.08 bits per heavy atom. The summed E-state index contributed by atoms with van der Waals surface area (Å²) in [5, 5.41) is 5.51. The van der Waals surface area contributed by atoms with Crippen molar-refractivity contribution in [3.8, 4) is 10.8 Å². The third kappa shape index (κ3) is 3.29. The summed E-state index contributed by atoms with van der Waals surface area (Å²) in [7, 11) is 0. The number of carbonyl (C=O) groups is 1. The van der Waals surface area contributed by atoms with Crippen LogP contribution >= 0.6 is 11.3 Å². The van der Waals surface area contributed by atoms with Crippen LogP contribution in [0, 0.1) is 6.92 Å². The minimum Gasteiger partial charge on any atom is -0.440 e. The van der Waals surface area contributed by atoms with E-state index in [0.717, 1.165) is 10.3 Å². The Hall–Kier alpha value is -3.19. The number of aromatic nitrogens is 1. The maximum Gasteiger partial charge on any atom is 0.336 e. The first-order valence-corrected chi connectivity index (χ1v) is 8.80. The van der Waals surface area contributed by atoms with Gasteiger partial charge in [0.1, 0.15) is 11.3 Å². The number of amides is 1. The van der Waals surface area contributed by atoms with E-state index in [-0.39, 0.29) is 12.3 Å². The van der Waals surface area contributed by atoms with Crippen LogP contribution in [0.15, 0.2) is 61.5 Å². The van der Waals surface area contributed by atoms with Gasteiger partial charge in [-0.3, -0.25) is 4.79 Å². The molecule has 4 rings (SSSR count). The van der Waals surface area contributed by atoms with Crippen LogP contribution in [0.1, 0.15) is 11.5 Å². The minimum atomic E-state index is -0.405. The average Bonchev–Trinajstić information content (AvgIpc) is 3.25. The van der Waals surface area contributed by atoms with E-state index in [1.54, 1.807) is 31.2 Å². The summed E-state index contributed by atoms with van der Waals surface area (Å²) in [6.45, 7) is 1.80. The van der Waals surface area contributed by atoms with Crippen molar-refractivity contribution < 1.29 is 13.6 Å². The fraction of sp³-hybridized carbons (Fsp3) is 0.105. The topological polar surface area (TPSA) is 85.3 Å². The molecule has 0 atom stereocenters. The first-order valence-electron chi connectivity index (χ1n) is 7.92. The summed E-state index contributed by atoms with van der Waals surface area (Å²) in [6.07, 6.45) is 0.114. The van der Waals surface area contributed by atoms with E-state index < -0.39 is 5.63 Å². The van der Waals surface area contributed by atoms with Crippen molar-refractivity contribution in [3.63, 3.8) is 0 Å². The van der Waals surface area contributed by atoms with Gasteiger partial charge in [0.05, 0.1) is 17.0 Å². The summed E-state index contributed by atoms with van der Waals surface area (Å²) < 4.78 is 10.7. The Kier molecular flexibility index (Phi) is 4.14. The third-order valence-corrected chi connectivity index (χ3v) is 4.71. The van der Waals surface area contributed by atoms with Crippen LogP contribution < -0.4 is 10.9 Å². The highest BCUT2D eigenvalue weighted by Crippen LogP contribution is 2.26. The van der Waals surface area contributed by atoms with E-state index in [2.05, 4.69) is 10.3 Å². The number of hydrogen-bond donors (Lipinski definition) is 1. The van der Waals surface area contributed by atoms with Gasteiger partial charge in [-0.1, -0.05) is 6.07 Å². The number of nitrogens with zero attached hydrogens (tertiary/aromatic N) is 1. The van der Waals surface area contributed by atoms with Crippen molar-refractivity contribution in [2.45, 2.75) is 13.3 Å². The molecule has 4 aromatic rings. The fourth-order valence-corrected chi connectivity index (χ4v) is 3.25. The van der Waals surface area contributed by atoms with Crippen molar-refractivity contribution in [2.24, 2.45) is 0 Å². The molecule has 0 saturated heterocycles. The third-order valence-electron chi connectivity index (χ3n) is 3.86. The summed E-state index contributed by atoms with van der Waals surface area (Å²) in [4.78, 5) is 28.9. The van der Waals surface area contributed by atoms with Crippen molar-refractivity contribution in [1.29, 1.82) is 0 Å². The first kappa shape index (κ1) is 16.3. The van der Waals surface area contributed by atoms with Gasteiger partial charge in [-0.05, 0) is 42.6 Å². The number of anilines is 1. The molecule has 0 aliphatic rings. The molecular weight excluding hydrogens is 352 g/mol. The zero-order valence-corrected chi connectivity index (χ0v) is 14.6. The standard InChI is InChI=1S/C19H14N2O4S/c1-11-14(21-19(24-11)16-3-2-8-26-16)10-17(22)20-13-5-6-15-12(9-13)4-7-18(23)25-15/h2-9H,10H2,1H3,(H,20,22). The Labute approximate surface area is 152 Å². The normalized spacial score (nSPS) is 11.0. The molecule has 0 saturated carbocycles. The minimum absolute atomic E-state index is 0.114. The second-order valence-electron chi connectivity index (χ2n) is 5.73. The highest BCUT2D eigenvalue weighted by molar-refractivity contribution is 7.13. The van der Waals surface area contributed by atoms with Gasteiger partial charge < -0.3 is 14.2 Å². The molecule has 3 heterocycles. The lowest BCUT2D eigenvalue weighted by molar-refractivity contribution is -0.115. The molecule has 0 unspecified atom stereocenters. The second kappa shape index (κ2) is 6.61. The summed E-state index contributed by atoms with van der Waals surface area (Å²) >= 11 is 1.53. The van der Waals surface area contributed by atoms with Crippen LogP contribution in [0.3, 0.4) is 0 Å². The molecule has 0 spiro atoms. The highest BCUT2D eigenvalue weighted by Gasteiger charge is 2.15. The number of carbonyl (C=O) groups excluding carboxylic acids is 1. The molecule has 0 aliphatic heterocycles. The molecule has 1 N–H and O–H groups in total. The van der Waals surface area contributed by atoms with Crippen LogP contribution in [0.25, 0.3) is 21.7 Å².